The maximum Gasteiger partial charge on any atom is 0.162 e. The fourth-order valence-corrected chi connectivity index (χ4v) is 7.99. The van der Waals surface area contributed by atoms with Crippen LogP contribution in [-0.2, 0) is 0 Å². The van der Waals surface area contributed by atoms with Crippen molar-refractivity contribution in [3.63, 3.8) is 0 Å². The highest BCUT2D eigenvalue weighted by Gasteiger charge is 2.23. The molecule has 0 fully saturated rings. The van der Waals surface area contributed by atoms with Crippen molar-refractivity contribution in [1.29, 1.82) is 5.26 Å². The van der Waals surface area contributed by atoms with Crippen molar-refractivity contribution in [2.24, 2.45) is 0 Å². The largest absolute Gasteiger partial charge is 0.308 e. The zero-order chi connectivity index (χ0) is 36.3. The van der Waals surface area contributed by atoms with Crippen LogP contribution in [0.5, 0.6) is 0 Å². The number of para-hydroxylation sites is 2. The van der Waals surface area contributed by atoms with Gasteiger partial charge >= 0.3 is 0 Å². The summed E-state index contributed by atoms with van der Waals surface area (Å²) < 4.78 is 4.50. The lowest BCUT2D eigenvalue weighted by molar-refractivity contribution is 1.11. The highest BCUT2D eigenvalue weighted by Crippen LogP contribution is 2.41. The number of aromatic nitrogens is 4. The molecule has 10 rings (SSSR count). The van der Waals surface area contributed by atoms with E-state index in [0.717, 1.165) is 83.1 Å². The molecule has 3 aromatic heterocycles. The molecule has 0 amide bonds. The number of nitriles is 1. The second-order valence-electron chi connectivity index (χ2n) is 13.9. The molecular formula is C49H33N5. The van der Waals surface area contributed by atoms with Gasteiger partial charge in [-0.3, -0.25) is 0 Å². The number of aryl methyl sites for hydroxylation is 2. The zero-order valence-corrected chi connectivity index (χ0v) is 29.8. The third-order valence-corrected chi connectivity index (χ3v) is 10.5. The summed E-state index contributed by atoms with van der Waals surface area (Å²) in [4.78, 5) is 10.7. The van der Waals surface area contributed by atoms with Gasteiger partial charge in [-0.05, 0) is 68.4 Å². The number of hydrogen-bond donors (Lipinski definition) is 0. The average molecular weight is 692 g/mol. The Kier molecular flexibility index (Phi) is 7.24. The van der Waals surface area contributed by atoms with Crippen molar-refractivity contribution in [2.75, 3.05) is 0 Å². The van der Waals surface area contributed by atoms with E-state index in [1.807, 2.05) is 42.5 Å². The topological polar surface area (TPSA) is 59.4 Å². The van der Waals surface area contributed by atoms with E-state index in [-0.39, 0.29) is 0 Å². The van der Waals surface area contributed by atoms with E-state index in [4.69, 9.17) is 9.97 Å². The summed E-state index contributed by atoms with van der Waals surface area (Å²) in [7, 11) is 0. The van der Waals surface area contributed by atoms with Crippen molar-refractivity contribution in [3.8, 4) is 51.3 Å². The monoisotopic (exact) mass is 691 g/mol. The van der Waals surface area contributed by atoms with E-state index in [9.17, 15) is 5.26 Å². The lowest BCUT2D eigenvalue weighted by Gasteiger charge is -2.19. The molecule has 0 spiro atoms. The van der Waals surface area contributed by atoms with Crippen LogP contribution >= 0.6 is 0 Å². The van der Waals surface area contributed by atoms with Crippen LogP contribution in [0.25, 0.3) is 88.9 Å². The van der Waals surface area contributed by atoms with Gasteiger partial charge in [-0.2, -0.15) is 5.26 Å². The average Bonchev–Trinajstić information content (AvgIpc) is 3.72. The Bertz CT molecular complexity index is 3070. The fraction of sp³-hybridized carbons (Fsp3) is 0.0408. The first-order valence-electron chi connectivity index (χ1n) is 18.1. The number of nitrogens with zero attached hydrogens (tertiary/aromatic N) is 5. The second kappa shape index (κ2) is 12.4. The molecule has 0 unspecified atom stereocenters. The highest BCUT2D eigenvalue weighted by molar-refractivity contribution is 6.11. The van der Waals surface area contributed by atoms with E-state index in [0.29, 0.717) is 11.4 Å². The summed E-state index contributed by atoms with van der Waals surface area (Å²) in [5, 5.41) is 15.6. The molecule has 5 heteroatoms. The second-order valence-corrected chi connectivity index (χ2v) is 13.9. The van der Waals surface area contributed by atoms with Crippen LogP contribution < -0.4 is 0 Å². The van der Waals surface area contributed by atoms with Crippen molar-refractivity contribution < 1.29 is 0 Å². The minimum absolute atomic E-state index is 0.553. The Morgan fingerprint density at radius 1 is 0.444 bits per heavy atom. The molecule has 0 aliphatic heterocycles. The van der Waals surface area contributed by atoms with Gasteiger partial charge < -0.3 is 9.13 Å². The Labute approximate surface area is 312 Å². The van der Waals surface area contributed by atoms with Crippen LogP contribution in [0, 0.1) is 25.2 Å². The zero-order valence-electron chi connectivity index (χ0n) is 29.8. The molecule has 54 heavy (non-hydrogen) atoms. The predicted molar refractivity (Wildman–Crippen MR) is 221 cm³/mol. The molecule has 7 aromatic carbocycles. The van der Waals surface area contributed by atoms with Crippen LogP contribution in [-0.4, -0.2) is 19.1 Å². The first-order valence-corrected chi connectivity index (χ1v) is 18.1. The van der Waals surface area contributed by atoms with Gasteiger partial charge in [0.25, 0.3) is 0 Å². The molecule has 0 atom stereocenters. The summed E-state index contributed by atoms with van der Waals surface area (Å²) in [6.07, 6.45) is 0. The summed E-state index contributed by atoms with van der Waals surface area (Å²) >= 11 is 0. The lowest BCUT2D eigenvalue weighted by Crippen LogP contribution is -2.06. The lowest BCUT2D eigenvalue weighted by atomic mass is 10.0. The third kappa shape index (κ3) is 5.00. The Morgan fingerprint density at radius 2 is 0.907 bits per heavy atom. The Morgan fingerprint density at radius 3 is 1.43 bits per heavy atom. The van der Waals surface area contributed by atoms with Crippen LogP contribution in [0.1, 0.15) is 16.7 Å². The summed E-state index contributed by atoms with van der Waals surface area (Å²) in [5.74, 6) is 0.575. The molecule has 0 aliphatic rings. The number of hydrogen-bond acceptors (Lipinski definition) is 3. The number of fused-ring (bicyclic) bond motifs is 6. The van der Waals surface area contributed by atoms with Gasteiger partial charge in [0.2, 0.25) is 0 Å². The normalized spacial score (nSPS) is 11.5. The molecule has 5 nitrogen and oxygen atoms in total. The van der Waals surface area contributed by atoms with Gasteiger partial charge in [0, 0.05) is 38.2 Å². The van der Waals surface area contributed by atoms with E-state index >= 15 is 0 Å². The van der Waals surface area contributed by atoms with Crippen LogP contribution in [0.15, 0.2) is 164 Å². The molecule has 254 valence electrons. The molecular weight excluding hydrogens is 659 g/mol. The van der Waals surface area contributed by atoms with Crippen molar-refractivity contribution in [1.82, 2.24) is 19.1 Å². The third-order valence-electron chi connectivity index (χ3n) is 10.5. The maximum atomic E-state index is 11.0. The quantitative estimate of drug-likeness (QED) is 0.180. The van der Waals surface area contributed by atoms with E-state index < -0.39 is 0 Å². The van der Waals surface area contributed by atoms with Gasteiger partial charge in [0.15, 0.2) is 5.82 Å². The Balaban J connectivity index is 1.36. The van der Waals surface area contributed by atoms with Crippen molar-refractivity contribution in [2.45, 2.75) is 13.8 Å². The van der Waals surface area contributed by atoms with Crippen LogP contribution in [0.4, 0.5) is 0 Å². The van der Waals surface area contributed by atoms with Gasteiger partial charge in [-0.1, -0.05) is 120 Å². The molecule has 0 radical (unpaired) electrons. The minimum Gasteiger partial charge on any atom is -0.308 e. The summed E-state index contributed by atoms with van der Waals surface area (Å²) in [6.45, 7) is 4.24. The summed E-state index contributed by atoms with van der Waals surface area (Å²) in [5.41, 5.74) is 13.2. The minimum atomic E-state index is 0.553. The fourth-order valence-electron chi connectivity index (χ4n) is 7.99. The molecule has 3 heterocycles. The number of benzene rings is 7. The number of rotatable bonds is 5. The Hall–Kier alpha value is -7.29. The first-order chi connectivity index (χ1) is 26.6. The van der Waals surface area contributed by atoms with E-state index in [1.54, 1.807) is 0 Å². The molecule has 0 saturated carbocycles. The molecule has 0 aliphatic carbocycles. The smallest absolute Gasteiger partial charge is 0.162 e. The molecule has 0 saturated heterocycles. The van der Waals surface area contributed by atoms with Crippen molar-refractivity contribution in [3.05, 3.63) is 180 Å². The van der Waals surface area contributed by atoms with Crippen LogP contribution in [0.2, 0.25) is 0 Å². The SMILES string of the molecule is Cc1ccc2c(c1)c1ccccc1n2-c1cc(-c2nc(-c3ccccc3)cc(-c3ccccc3)n2)c(-n2c3ccccc3c3cc(C)ccc32)cc1C#N. The molecule has 10 aromatic rings. The standard InChI is InChI=1S/C49H33N5/c1-31-21-23-45-38(25-31)36-17-9-11-19-43(36)53(45)47-28-40(49-51-41(33-13-5-3-6-14-33)29-42(52-49)34-15-7-4-8-16-34)48(27-35(47)30-50)54-44-20-12-10-18-37(44)39-26-32(2)22-24-46(39)54/h3-29H,1-2H3. The van der Waals surface area contributed by atoms with Crippen LogP contribution in [0.3, 0.4) is 0 Å². The van der Waals surface area contributed by atoms with E-state index in [2.05, 4.69) is 150 Å². The van der Waals surface area contributed by atoms with Gasteiger partial charge in [0.05, 0.1) is 50.4 Å². The molecule has 0 N–H and O–H groups in total. The van der Waals surface area contributed by atoms with Gasteiger partial charge in [-0.15, -0.1) is 0 Å². The summed E-state index contributed by atoms with van der Waals surface area (Å²) in [6, 6.07) is 59.4. The van der Waals surface area contributed by atoms with Gasteiger partial charge in [-0.25, -0.2) is 9.97 Å². The van der Waals surface area contributed by atoms with Crippen molar-refractivity contribution >= 4 is 43.6 Å². The predicted octanol–water partition coefficient (Wildman–Crippen LogP) is 12.2. The van der Waals surface area contributed by atoms with Gasteiger partial charge in [0.1, 0.15) is 6.07 Å². The first kappa shape index (κ1) is 31.4. The molecule has 0 bridgehead atoms. The highest BCUT2D eigenvalue weighted by atomic mass is 15.0. The maximum absolute atomic E-state index is 11.0. The van der Waals surface area contributed by atoms with E-state index in [1.165, 1.54) is 11.1 Å².